The third-order valence-corrected chi connectivity index (χ3v) is 5.23. The van der Waals surface area contributed by atoms with Crippen LogP contribution in [0.4, 0.5) is 0 Å². The van der Waals surface area contributed by atoms with E-state index in [9.17, 15) is 9.59 Å². The number of hydrogen-bond acceptors (Lipinski definition) is 5. The minimum absolute atomic E-state index is 0.0627. The summed E-state index contributed by atoms with van der Waals surface area (Å²) in [6.45, 7) is 6.71. The lowest BCUT2D eigenvalue weighted by Gasteiger charge is -2.31. The van der Waals surface area contributed by atoms with Gasteiger partial charge in [-0.05, 0) is 20.8 Å². The molecule has 0 aromatic heterocycles. The van der Waals surface area contributed by atoms with Crippen LogP contribution in [-0.4, -0.2) is 51.5 Å². The molecule has 102 valence electrons. The van der Waals surface area contributed by atoms with Gasteiger partial charge in [0.2, 0.25) is 0 Å². The molecular weight excluding hydrogens is 254 g/mol. The van der Waals surface area contributed by atoms with Gasteiger partial charge in [0, 0.05) is 32.0 Å². The minimum Gasteiger partial charge on any atom is -0.373 e. The Morgan fingerprint density at radius 3 is 1.67 bits per heavy atom. The van der Waals surface area contributed by atoms with Crippen molar-refractivity contribution in [3.8, 4) is 0 Å². The number of imide groups is 1. The second-order valence-corrected chi connectivity index (χ2v) is 6.13. The lowest BCUT2D eigenvalue weighted by Crippen LogP contribution is -2.56. The molecule has 0 aromatic rings. The Morgan fingerprint density at radius 1 is 0.944 bits per heavy atom. The van der Waals surface area contributed by atoms with Crippen molar-refractivity contribution in [2.45, 2.75) is 20.8 Å². The molecular formula is C11H19NO5Si. The van der Waals surface area contributed by atoms with Gasteiger partial charge in [-0.15, -0.1) is 0 Å². The van der Waals surface area contributed by atoms with Crippen molar-refractivity contribution in [3.63, 3.8) is 0 Å². The lowest BCUT2D eigenvalue weighted by molar-refractivity contribution is -0.136. The van der Waals surface area contributed by atoms with Crippen molar-refractivity contribution in [3.05, 3.63) is 12.2 Å². The molecule has 18 heavy (non-hydrogen) atoms. The first kappa shape index (κ1) is 15.0. The van der Waals surface area contributed by atoms with Gasteiger partial charge >= 0.3 is 8.80 Å². The van der Waals surface area contributed by atoms with E-state index in [-0.39, 0.29) is 18.0 Å². The van der Waals surface area contributed by atoms with Gasteiger partial charge in [0.05, 0.1) is 6.17 Å². The normalized spacial score (nSPS) is 15.8. The Bertz CT molecular complexity index is 309. The highest BCUT2D eigenvalue weighted by molar-refractivity contribution is 6.61. The van der Waals surface area contributed by atoms with Crippen LogP contribution in [0.3, 0.4) is 0 Å². The lowest BCUT2D eigenvalue weighted by atomic mass is 10.6. The van der Waals surface area contributed by atoms with Crippen LogP contribution in [0.2, 0.25) is 0 Å². The van der Waals surface area contributed by atoms with E-state index in [2.05, 4.69) is 0 Å². The Labute approximate surface area is 108 Å². The van der Waals surface area contributed by atoms with Crippen LogP contribution in [0.1, 0.15) is 20.8 Å². The number of amides is 2. The maximum Gasteiger partial charge on any atom is 0.522 e. The molecule has 0 fully saturated rings. The predicted octanol–water partition coefficient (Wildman–Crippen LogP) is 0.499. The summed E-state index contributed by atoms with van der Waals surface area (Å²) in [5, 5.41) is 0. The van der Waals surface area contributed by atoms with Gasteiger partial charge in [-0.1, -0.05) is 0 Å². The highest BCUT2D eigenvalue weighted by atomic mass is 28.4. The van der Waals surface area contributed by atoms with Gasteiger partial charge in [-0.25, -0.2) is 0 Å². The molecule has 1 heterocycles. The first-order valence-corrected chi connectivity index (χ1v) is 7.97. The Kier molecular flexibility index (Phi) is 5.67. The van der Waals surface area contributed by atoms with E-state index in [0.717, 1.165) is 4.90 Å². The van der Waals surface area contributed by atoms with E-state index in [1.807, 2.05) is 20.8 Å². The molecule has 1 aliphatic rings. The topological polar surface area (TPSA) is 65.1 Å². The average molecular weight is 273 g/mol. The molecule has 0 atom stereocenters. The molecule has 2 amide bonds. The largest absolute Gasteiger partial charge is 0.522 e. The summed E-state index contributed by atoms with van der Waals surface area (Å²) in [7, 11) is -3.00. The van der Waals surface area contributed by atoms with E-state index in [1.165, 1.54) is 12.2 Å². The maximum absolute atomic E-state index is 11.5. The molecule has 0 N–H and O–H groups in total. The number of nitrogens with zero attached hydrogens (tertiary/aromatic N) is 1. The molecule has 1 rings (SSSR count). The Morgan fingerprint density at radius 2 is 1.33 bits per heavy atom. The van der Waals surface area contributed by atoms with E-state index in [0.29, 0.717) is 19.8 Å². The smallest absolute Gasteiger partial charge is 0.373 e. The van der Waals surface area contributed by atoms with Crippen LogP contribution < -0.4 is 0 Å². The van der Waals surface area contributed by atoms with E-state index in [4.69, 9.17) is 13.3 Å². The highest BCUT2D eigenvalue weighted by Gasteiger charge is 2.45. The maximum atomic E-state index is 11.5. The van der Waals surface area contributed by atoms with Crippen molar-refractivity contribution in [1.29, 1.82) is 0 Å². The SMILES string of the molecule is CCO[Si](CN1C(=O)C=CC1=O)(OCC)OCC. The van der Waals surface area contributed by atoms with Gasteiger partial charge in [0.15, 0.2) is 0 Å². The summed E-state index contributed by atoms with van der Waals surface area (Å²) in [6, 6.07) is 0. The fraction of sp³-hybridized carbons (Fsp3) is 0.636. The molecule has 0 aromatic carbocycles. The van der Waals surface area contributed by atoms with E-state index in [1.54, 1.807) is 0 Å². The van der Waals surface area contributed by atoms with Crippen LogP contribution in [0.15, 0.2) is 12.2 Å². The predicted molar refractivity (Wildman–Crippen MR) is 66.5 cm³/mol. The van der Waals surface area contributed by atoms with Crippen LogP contribution in [0.25, 0.3) is 0 Å². The standard InChI is InChI=1S/C11H19NO5Si/c1-4-15-18(16-5-2,17-6-3)9-12-10(13)7-8-11(12)14/h7-8H,4-6,9H2,1-3H3. The molecule has 0 spiro atoms. The number of carbonyl (C=O) groups excluding carboxylic acids is 2. The van der Waals surface area contributed by atoms with Gasteiger partial charge in [-0.2, -0.15) is 0 Å². The van der Waals surface area contributed by atoms with E-state index < -0.39 is 8.80 Å². The third kappa shape index (κ3) is 3.48. The zero-order chi connectivity index (χ0) is 13.6. The van der Waals surface area contributed by atoms with Crippen LogP contribution in [-0.2, 0) is 22.9 Å². The molecule has 0 bridgehead atoms. The zero-order valence-corrected chi connectivity index (χ0v) is 12.0. The molecule has 0 aliphatic carbocycles. The fourth-order valence-electron chi connectivity index (χ4n) is 1.70. The fourth-order valence-corrected chi connectivity index (χ4v) is 4.24. The highest BCUT2D eigenvalue weighted by Crippen LogP contribution is 2.15. The van der Waals surface area contributed by atoms with Crippen molar-refractivity contribution in [1.82, 2.24) is 4.90 Å². The molecule has 0 radical (unpaired) electrons. The minimum atomic E-state index is -3.00. The second kappa shape index (κ2) is 6.79. The zero-order valence-electron chi connectivity index (χ0n) is 11.0. The third-order valence-electron chi connectivity index (χ3n) is 2.35. The summed E-state index contributed by atoms with van der Waals surface area (Å²) in [5.74, 6) is -0.702. The van der Waals surface area contributed by atoms with Crippen LogP contribution >= 0.6 is 0 Å². The molecule has 1 aliphatic heterocycles. The molecule has 6 nitrogen and oxygen atoms in total. The van der Waals surface area contributed by atoms with E-state index >= 15 is 0 Å². The quantitative estimate of drug-likeness (QED) is 0.476. The van der Waals surface area contributed by atoms with Crippen LogP contribution in [0.5, 0.6) is 0 Å². The first-order chi connectivity index (χ1) is 8.58. The van der Waals surface area contributed by atoms with Crippen molar-refractivity contribution in [2.24, 2.45) is 0 Å². The second-order valence-electron chi connectivity index (χ2n) is 3.58. The summed E-state index contributed by atoms with van der Waals surface area (Å²) < 4.78 is 16.8. The summed E-state index contributed by atoms with van der Waals surface area (Å²) >= 11 is 0. The first-order valence-electron chi connectivity index (χ1n) is 6.04. The van der Waals surface area contributed by atoms with Crippen molar-refractivity contribution in [2.75, 3.05) is 26.0 Å². The van der Waals surface area contributed by atoms with Gasteiger partial charge < -0.3 is 13.3 Å². The number of carbonyl (C=O) groups is 2. The molecule has 0 saturated carbocycles. The summed E-state index contributed by atoms with van der Waals surface area (Å²) in [5.41, 5.74) is 0. The van der Waals surface area contributed by atoms with Crippen LogP contribution in [0, 0.1) is 0 Å². The van der Waals surface area contributed by atoms with Gasteiger partial charge in [0.25, 0.3) is 11.8 Å². The average Bonchev–Trinajstić information content (AvgIpc) is 2.62. The summed E-state index contributed by atoms with van der Waals surface area (Å²) in [4.78, 5) is 24.2. The Balaban J connectivity index is 2.82. The van der Waals surface area contributed by atoms with Gasteiger partial charge in [0.1, 0.15) is 0 Å². The molecule has 0 saturated heterocycles. The van der Waals surface area contributed by atoms with Crippen molar-refractivity contribution >= 4 is 20.6 Å². The monoisotopic (exact) mass is 273 g/mol. The summed E-state index contributed by atoms with van der Waals surface area (Å²) in [6.07, 6.45) is 2.55. The Hall–Kier alpha value is -1.02. The molecule has 7 heteroatoms. The van der Waals surface area contributed by atoms with Gasteiger partial charge in [-0.3, -0.25) is 14.5 Å². The molecule has 0 unspecified atom stereocenters. The van der Waals surface area contributed by atoms with Crippen molar-refractivity contribution < 1.29 is 22.9 Å². The number of rotatable bonds is 8. The number of hydrogen-bond donors (Lipinski definition) is 0.